The van der Waals surface area contributed by atoms with Crippen molar-refractivity contribution in [2.45, 2.75) is 26.1 Å². The molecule has 1 amide bonds. The molecule has 3 aromatic rings. The highest BCUT2D eigenvalue weighted by Gasteiger charge is 2.30. The van der Waals surface area contributed by atoms with Gasteiger partial charge >= 0.3 is 6.18 Å². The molecule has 0 radical (unpaired) electrons. The molecule has 0 saturated heterocycles. The summed E-state index contributed by atoms with van der Waals surface area (Å²) in [5.74, 6) is -0.397. The smallest absolute Gasteiger partial charge is 0.320 e. The van der Waals surface area contributed by atoms with E-state index in [-0.39, 0.29) is 11.4 Å². The second-order valence-corrected chi connectivity index (χ2v) is 6.96. The number of fused-ring (bicyclic) bond motifs is 1. The largest absolute Gasteiger partial charge is 0.416 e. The lowest BCUT2D eigenvalue weighted by atomic mass is 9.99. The molecule has 1 aliphatic rings. The fraction of sp³-hybridized carbons (Fsp3) is 0.238. The van der Waals surface area contributed by atoms with E-state index in [4.69, 9.17) is 0 Å². The molecule has 2 heterocycles. The summed E-state index contributed by atoms with van der Waals surface area (Å²) < 4.78 is 40.3. The first-order chi connectivity index (χ1) is 13.8. The minimum atomic E-state index is -4.45. The molecule has 0 bridgehead atoms. The Balaban J connectivity index is 1.61. The van der Waals surface area contributed by atoms with Crippen molar-refractivity contribution in [3.8, 4) is 5.69 Å². The number of nitrogens with zero attached hydrogens (tertiary/aromatic N) is 2. The molecule has 0 atom stereocenters. The number of alkyl halides is 3. The number of halogens is 3. The molecular formula is C21H19F3N4O. The zero-order valence-electron chi connectivity index (χ0n) is 15.7. The third-order valence-corrected chi connectivity index (χ3v) is 4.93. The second-order valence-electron chi connectivity index (χ2n) is 6.96. The van der Waals surface area contributed by atoms with Gasteiger partial charge < -0.3 is 10.6 Å². The minimum absolute atomic E-state index is 0.145. The maximum Gasteiger partial charge on any atom is 0.416 e. The van der Waals surface area contributed by atoms with Crippen LogP contribution in [0.25, 0.3) is 5.69 Å². The van der Waals surface area contributed by atoms with Crippen LogP contribution in [0.15, 0.2) is 48.5 Å². The molecule has 1 aliphatic heterocycles. The summed E-state index contributed by atoms with van der Waals surface area (Å²) in [6.07, 6.45) is -3.64. The average molecular weight is 400 g/mol. The number of benzene rings is 2. The van der Waals surface area contributed by atoms with E-state index in [9.17, 15) is 18.0 Å². The van der Waals surface area contributed by atoms with Crippen molar-refractivity contribution in [1.82, 2.24) is 15.1 Å². The number of aryl methyl sites for hydroxylation is 1. The fourth-order valence-corrected chi connectivity index (χ4v) is 3.50. The third-order valence-electron chi connectivity index (χ3n) is 4.93. The van der Waals surface area contributed by atoms with Gasteiger partial charge in [0.15, 0.2) is 5.69 Å². The summed E-state index contributed by atoms with van der Waals surface area (Å²) in [6.45, 7) is 3.28. The number of hydrogen-bond donors (Lipinski definition) is 2. The molecule has 0 saturated carbocycles. The molecule has 1 aromatic heterocycles. The normalized spacial score (nSPS) is 13.8. The first-order valence-corrected chi connectivity index (χ1v) is 9.20. The lowest BCUT2D eigenvalue weighted by Gasteiger charge is -2.20. The van der Waals surface area contributed by atoms with Crippen molar-refractivity contribution in [3.63, 3.8) is 0 Å². The maximum absolute atomic E-state index is 13.0. The fourth-order valence-electron chi connectivity index (χ4n) is 3.50. The number of carbonyl (C=O) groups is 1. The van der Waals surface area contributed by atoms with Crippen molar-refractivity contribution in [1.29, 1.82) is 0 Å². The molecule has 5 nitrogen and oxygen atoms in total. The van der Waals surface area contributed by atoms with Crippen LogP contribution in [0, 0.1) is 6.92 Å². The Labute approximate surface area is 165 Å². The van der Waals surface area contributed by atoms with Crippen LogP contribution in [0.5, 0.6) is 0 Å². The standard InChI is InChI=1S/C21H19F3N4O/c1-13-10-19(27-28(13)16-6-3-5-15(11-16)21(22,23)24)20(29)26-18-7-2-4-14-12-25-9-8-17(14)18/h2-7,10-11,25H,8-9,12H2,1H3,(H,26,29). The number of rotatable bonds is 3. The molecule has 0 unspecified atom stereocenters. The molecule has 8 heteroatoms. The highest BCUT2D eigenvalue weighted by Crippen LogP contribution is 2.30. The van der Waals surface area contributed by atoms with Gasteiger partial charge in [0.05, 0.1) is 11.3 Å². The van der Waals surface area contributed by atoms with Crippen molar-refractivity contribution >= 4 is 11.6 Å². The van der Waals surface area contributed by atoms with E-state index in [1.54, 1.807) is 13.0 Å². The van der Waals surface area contributed by atoms with Crippen LogP contribution in [-0.2, 0) is 19.1 Å². The highest BCUT2D eigenvalue weighted by atomic mass is 19.4. The molecule has 2 N–H and O–H groups in total. The summed E-state index contributed by atoms with van der Waals surface area (Å²) in [5, 5.41) is 10.4. The molecule has 29 heavy (non-hydrogen) atoms. The van der Waals surface area contributed by atoms with Gasteiger partial charge in [-0.25, -0.2) is 4.68 Å². The molecule has 2 aromatic carbocycles. The van der Waals surface area contributed by atoms with E-state index < -0.39 is 17.6 Å². The van der Waals surface area contributed by atoms with Crippen LogP contribution in [0.2, 0.25) is 0 Å². The zero-order chi connectivity index (χ0) is 20.6. The molecule has 0 fully saturated rings. The SMILES string of the molecule is Cc1cc(C(=O)Nc2cccc3c2CCNC3)nn1-c1cccc(C(F)(F)F)c1. The summed E-state index contributed by atoms with van der Waals surface area (Å²) in [6, 6.07) is 12.2. The monoisotopic (exact) mass is 400 g/mol. The predicted octanol–water partition coefficient (Wildman–Crippen LogP) is 4.10. The van der Waals surface area contributed by atoms with E-state index in [0.29, 0.717) is 5.69 Å². The predicted molar refractivity (Wildman–Crippen MR) is 103 cm³/mol. The molecule has 0 aliphatic carbocycles. The van der Waals surface area contributed by atoms with Gasteiger partial charge in [-0.05, 0) is 61.3 Å². The van der Waals surface area contributed by atoms with Gasteiger partial charge in [-0.1, -0.05) is 18.2 Å². The zero-order valence-corrected chi connectivity index (χ0v) is 15.7. The number of anilines is 1. The van der Waals surface area contributed by atoms with Gasteiger partial charge in [0.2, 0.25) is 0 Å². The van der Waals surface area contributed by atoms with Gasteiger partial charge in [0.25, 0.3) is 5.91 Å². The van der Waals surface area contributed by atoms with Crippen molar-refractivity contribution < 1.29 is 18.0 Å². The van der Waals surface area contributed by atoms with Gasteiger partial charge in [-0.2, -0.15) is 18.3 Å². The second kappa shape index (κ2) is 7.36. The Morgan fingerprint density at radius 2 is 1.97 bits per heavy atom. The van der Waals surface area contributed by atoms with Crippen molar-refractivity contribution in [2.24, 2.45) is 0 Å². The van der Waals surface area contributed by atoms with Crippen LogP contribution < -0.4 is 10.6 Å². The van der Waals surface area contributed by atoms with Crippen LogP contribution in [0.1, 0.15) is 32.9 Å². The highest BCUT2D eigenvalue weighted by molar-refractivity contribution is 6.03. The first-order valence-electron chi connectivity index (χ1n) is 9.20. The van der Waals surface area contributed by atoms with Crippen LogP contribution in [0.3, 0.4) is 0 Å². The summed E-state index contributed by atoms with van der Waals surface area (Å²) >= 11 is 0. The number of carbonyl (C=O) groups excluding carboxylic acids is 1. The van der Waals surface area contributed by atoms with E-state index in [1.807, 2.05) is 18.2 Å². The van der Waals surface area contributed by atoms with Crippen LogP contribution in [0.4, 0.5) is 18.9 Å². The lowest BCUT2D eigenvalue weighted by molar-refractivity contribution is -0.137. The molecular weight excluding hydrogens is 381 g/mol. The summed E-state index contributed by atoms with van der Waals surface area (Å²) in [7, 11) is 0. The Kier molecular flexibility index (Phi) is 4.87. The topological polar surface area (TPSA) is 59.0 Å². The Morgan fingerprint density at radius 3 is 2.76 bits per heavy atom. The van der Waals surface area contributed by atoms with Gasteiger partial charge in [0, 0.05) is 17.9 Å². The minimum Gasteiger partial charge on any atom is -0.320 e. The van der Waals surface area contributed by atoms with Crippen LogP contribution >= 0.6 is 0 Å². The average Bonchev–Trinajstić information content (AvgIpc) is 3.10. The summed E-state index contributed by atoms with van der Waals surface area (Å²) in [4.78, 5) is 12.7. The maximum atomic E-state index is 13.0. The van der Waals surface area contributed by atoms with Crippen molar-refractivity contribution in [3.05, 3.63) is 76.6 Å². The lowest BCUT2D eigenvalue weighted by Crippen LogP contribution is -2.25. The van der Waals surface area contributed by atoms with E-state index >= 15 is 0 Å². The molecule has 4 rings (SSSR count). The van der Waals surface area contributed by atoms with Gasteiger partial charge in [-0.15, -0.1) is 0 Å². The van der Waals surface area contributed by atoms with E-state index in [0.717, 1.165) is 48.5 Å². The Hall–Kier alpha value is -3.13. The van der Waals surface area contributed by atoms with E-state index in [1.165, 1.54) is 16.8 Å². The van der Waals surface area contributed by atoms with Gasteiger partial charge in [0.1, 0.15) is 0 Å². The quantitative estimate of drug-likeness (QED) is 0.696. The third kappa shape index (κ3) is 3.88. The molecule has 0 spiro atoms. The summed E-state index contributed by atoms with van der Waals surface area (Å²) in [5.41, 5.74) is 3.16. The van der Waals surface area contributed by atoms with Crippen molar-refractivity contribution in [2.75, 3.05) is 11.9 Å². The number of amides is 1. The van der Waals surface area contributed by atoms with E-state index in [2.05, 4.69) is 15.7 Å². The number of hydrogen-bond acceptors (Lipinski definition) is 3. The Morgan fingerprint density at radius 1 is 1.17 bits per heavy atom. The van der Waals surface area contributed by atoms with Crippen LogP contribution in [-0.4, -0.2) is 22.2 Å². The Bertz CT molecular complexity index is 1070. The first kappa shape index (κ1) is 19.2. The van der Waals surface area contributed by atoms with Gasteiger partial charge in [-0.3, -0.25) is 4.79 Å². The number of aromatic nitrogens is 2. The number of nitrogens with one attached hydrogen (secondary N) is 2. The molecule has 150 valence electrons.